The predicted octanol–water partition coefficient (Wildman–Crippen LogP) is 4.87. The summed E-state index contributed by atoms with van der Waals surface area (Å²) in [4.78, 5) is 32.6. The zero-order chi connectivity index (χ0) is 23.1. The summed E-state index contributed by atoms with van der Waals surface area (Å²) in [6, 6.07) is 12.4. The summed E-state index contributed by atoms with van der Waals surface area (Å²) in [5.74, 6) is -0.302. The van der Waals surface area contributed by atoms with Crippen molar-refractivity contribution in [2.75, 3.05) is 4.90 Å². The summed E-state index contributed by atoms with van der Waals surface area (Å²) in [5, 5.41) is 4.53. The Balaban J connectivity index is 1.55. The number of hydrogen-bond donors (Lipinski definition) is 0. The Morgan fingerprint density at radius 1 is 1.09 bits per heavy atom. The first-order valence-corrected chi connectivity index (χ1v) is 10.8. The van der Waals surface area contributed by atoms with Gasteiger partial charge in [-0.05, 0) is 55.3 Å². The van der Waals surface area contributed by atoms with Crippen LogP contribution in [0, 0.1) is 19.8 Å². The molecule has 2 aromatic carbocycles. The standard InChI is InChI=1S/C25H20ClN4O3/c1-15-11-16(2)13-17(12-15)30-24(31)19-8-4-6-10-21(19)29(25(30)32)14-22-27-23(28-33-22)18-7-3-5-9-20(18)26/h3-13,19H,14H2,1-2H3/q+1. The molecule has 0 fully saturated rings. The number of aryl methyl sites for hydroxylation is 2. The molecule has 7 nitrogen and oxygen atoms in total. The zero-order valence-corrected chi connectivity index (χ0v) is 18.8. The number of carbonyl (C=O) groups excluding carboxylic acids is 2. The van der Waals surface area contributed by atoms with Crippen LogP contribution >= 0.6 is 11.6 Å². The zero-order valence-electron chi connectivity index (χ0n) is 18.0. The Morgan fingerprint density at radius 2 is 1.85 bits per heavy atom. The smallest absolute Gasteiger partial charge is 0.335 e. The quantitative estimate of drug-likeness (QED) is 0.520. The second-order valence-corrected chi connectivity index (χ2v) is 8.43. The first kappa shape index (κ1) is 21.0. The normalized spacial score (nSPS) is 17.7. The number of urea groups is 1. The molecule has 0 radical (unpaired) electrons. The van der Waals surface area contributed by atoms with Gasteiger partial charge in [0.1, 0.15) is 17.3 Å². The fraction of sp³-hybridized carbons (Fsp3) is 0.160. The molecule has 1 aliphatic carbocycles. The third-order valence-electron chi connectivity index (χ3n) is 5.56. The molecule has 33 heavy (non-hydrogen) atoms. The molecule has 3 amide bonds. The molecule has 3 aromatic rings. The SMILES string of the molecule is Cc1cc(C)cc(N2C(=O)C3C=CC=CC3=[N+](Cc3nc(-c4ccccc4Cl)no3)C2=O)c1. The van der Waals surface area contributed by atoms with Crippen molar-refractivity contribution < 1.29 is 18.7 Å². The van der Waals surface area contributed by atoms with Crippen LogP contribution in [0.3, 0.4) is 0 Å². The summed E-state index contributed by atoms with van der Waals surface area (Å²) in [6.07, 6.45) is 7.16. The number of benzene rings is 2. The van der Waals surface area contributed by atoms with E-state index < -0.39 is 11.9 Å². The van der Waals surface area contributed by atoms with Crippen LogP contribution in [0.4, 0.5) is 10.5 Å². The van der Waals surface area contributed by atoms with Gasteiger partial charge < -0.3 is 4.52 Å². The largest absolute Gasteiger partial charge is 0.506 e. The van der Waals surface area contributed by atoms with E-state index in [4.69, 9.17) is 16.1 Å². The fourth-order valence-corrected chi connectivity index (χ4v) is 4.37. The molecule has 2 heterocycles. The molecule has 8 heteroatoms. The van der Waals surface area contributed by atoms with E-state index in [1.165, 1.54) is 9.48 Å². The van der Waals surface area contributed by atoms with Crippen LogP contribution in [0.15, 0.2) is 71.3 Å². The van der Waals surface area contributed by atoms with Crippen molar-refractivity contribution in [2.24, 2.45) is 5.92 Å². The number of carbonyl (C=O) groups is 2. The number of anilines is 1. The molecule has 1 unspecified atom stereocenters. The summed E-state index contributed by atoms with van der Waals surface area (Å²) >= 11 is 6.25. The maximum Gasteiger partial charge on any atom is 0.506 e. The molecule has 5 rings (SSSR count). The molecule has 1 aromatic heterocycles. The lowest BCUT2D eigenvalue weighted by Gasteiger charge is -2.26. The van der Waals surface area contributed by atoms with Crippen LogP contribution in [0.5, 0.6) is 0 Å². The van der Waals surface area contributed by atoms with E-state index in [1.54, 1.807) is 30.4 Å². The lowest BCUT2D eigenvalue weighted by molar-refractivity contribution is -0.449. The van der Waals surface area contributed by atoms with Gasteiger partial charge in [-0.2, -0.15) is 14.4 Å². The molecular formula is C25H20ClN4O3+. The van der Waals surface area contributed by atoms with Crippen molar-refractivity contribution in [3.8, 4) is 11.4 Å². The number of rotatable bonds is 4. The first-order chi connectivity index (χ1) is 15.9. The number of imide groups is 1. The Morgan fingerprint density at radius 3 is 2.61 bits per heavy atom. The van der Waals surface area contributed by atoms with E-state index in [0.29, 0.717) is 27.8 Å². The molecule has 164 valence electrons. The number of fused-ring (bicyclic) bond motifs is 1. The molecule has 1 aliphatic heterocycles. The molecule has 2 aliphatic rings. The number of allylic oxidation sites excluding steroid dienone is 3. The number of nitrogens with zero attached hydrogens (tertiary/aromatic N) is 4. The van der Waals surface area contributed by atoms with Crippen LogP contribution in [0.2, 0.25) is 5.02 Å². The monoisotopic (exact) mass is 459 g/mol. The average Bonchev–Trinajstić information content (AvgIpc) is 3.25. The molecule has 0 saturated carbocycles. The van der Waals surface area contributed by atoms with Crippen molar-refractivity contribution >= 4 is 34.9 Å². The van der Waals surface area contributed by atoms with Crippen LogP contribution < -0.4 is 4.90 Å². The van der Waals surface area contributed by atoms with Crippen molar-refractivity contribution in [1.82, 2.24) is 10.1 Å². The number of aromatic nitrogens is 2. The van der Waals surface area contributed by atoms with Gasteiger partial charge in [0.25, 0.3) is 5.89 Å². The van der Waals surface area contributed by atoms with Crippen LogP contribution in [-0.2, 0) is 11.3 Å². The Hall–Kier alpha value is -3.84. The fourth-order valence-electron chi connectivity index (χ4n) is 4.15. The second-order valence-electron chi connectivity index (χ2n) is 8.03. The maximum absolute atomic E-state index is 13.6. The van der Waals surface area contributed by atoms with Gasteiger partial charge in [0.2, 0.25) is 5.82 Å². The summed E-state index contributed by atoms with van der Waals surface area (Å²) < 4.78 is 6.95. The average molecular weight is 460 g/mol. The highest BCUT2D eigenvalue weighted by Gasteiger charge is 2.48. The summed E-state index contributed by atoms with van der Waals surface area (Å²) in [5.41, 5.74) is 3.68. The predicted molar refractivity (Wildman–Crippen MR) is 124 cm³/mol. The summed E-state index contributed by atoms with van der Waals surface area (Å²) in [7, 11) is 0. The highest BCUT2D eigenvalue weighted by atomic mass is 35.5. The van der Waals surface area contributed by atoms with E-state index in [2.05, 4.69) is 10.1 Å². The molecule has 0 saturated heterocycles. The molecule has 0 N–H and O–H groups in total. The van der Waals surface area contributed by atoms with E-state index in [0.717, 1.165) is 11.1 Å². The third kappa shape index (κ3) is 3.81. The van der Waals surface area contributed by atoms with Gasteiger partial charge in [0.15, 0.2) is 6.54 Å². The van der Waals surface area contributed by atoms with Gasteiger partial charge in [-0.3, -0.25) is 0 Å². The van der Waals surface area contributed by atoms with Crippen LogP contribution in [-0.4, -0.2) is 32.4 Å². The van der Waals surface area contributed by atoms with Gasteiger partial charge >= 0.3 is 11.9 Å². The van der Waals surface area contributed by atoms with E-state index in [9.17, 15) is 9.59 Å². The molecular weight excluding hydrogens is 440 g/mol. The van der Waals surface area contributed by atoms with Gasteiger partial charge in [-0.15, -0.1) is 4.90 Å². The lowest BCUT2D eigenvalue weighted by atomic mass is 9.94. The van der Waals surface area contributed by atoms with E-state index in [1.807, 2.05) is 50.3 Å². The molecule has 0 bridgehead atoms. The van der Waals surface area contributed by atoms with Crippen molar-refractivity contribution in [1.29, 1.82) is 0 Å². The van der Waals surface area contributed by atoms with Gasteiger partial charge in [-0.1, -0.05) is 53.2 Å². The minimum atomic E-state index is -0.584. The third-order valence-corrected chi connectivity index (χ3v) is 5.89. The first-order valence-electron chi connectivity index (χ1n) is 10.5. The maximum atomic E-state index is 13.6. The number of hydrogen-bond acceptors (Lipinski definition) is 5. The Labute approximate surface area is 195 Å². The molecule has 0 spiro atoms. The highest BCUT2D eigenvalue weighted by molar-refractivity contribution is 6.33. The number of amides is 3. The second kappa shape index (κ2) is 8.26. The topological polar surface area (TPSA) is 79.3 Å². The lowest BCUT2D eigenvalue weighted by Crippen LogP contribution is -2.54. The Bertz CT molecular complexity index is 1370. The van der Waals surface area contributed by atoms with Crippen molar-refractivity contribution in [3.05, 3.63) is 88.8 Å². The van der Waals surface area contributed by atoms with Gasteiger partial charge in [0, 0.05) is 5.56 Å². The Kier molecular flexibility index (Phi) is 5.26. The number of halogens is 1. The van der Waals surface area contributed by atoms with Crippen molar-refractivity contribution in [3.63, 3.8) is 0 Å². The highest BCUT2D eigenvalue weighted by Crippen LogP contribution is 2.29. The van der Waals surface area contributed by atoms with Crippen LogP contribution in [0.1, 0.15) is 17.0 Å². The minimum absolute atomic E-state index is 0.0227. The van der Waals surface area contributed by atoms with E-state index >= 15 is 0 Å². The summed E-state index contributed by atoms with van der Waals surface area (Å²) in [6.45, 7) is 3.89. The van der Waals surface area contributed by atoms with E-state index in [-0.39, 0.29) is 18.3 Å². The minimum Gasteiger partial charge on any atom is -0.335 e. The van der Waals surface area contributed by atoms with Gasteiger partial charge in [0.05, 0.1) is 5.02 Å². The van der Waals surface area contributed by atoms with Crippen molar-refractivity contribution in [2.45, 2.75) is 20.4 Å². The van der Waals surface area contributed by atoms with Crippen LogP contribution in [0.25, 0.3) is 11.4 Å². The molecule has 1 atom stereocenters. The van der Waals surface area contributed by atoms with Gasteiger partial charge in [-0.25, -0.2) is 4.79 Å².